The van der Waals surface area contributed by atoms with Crippen LogP contribution < -0.4 is 0 Å². The van der Waals surface area contributed by atoms with Crippen molar-refractivity contribution in [1.82, 2.24) is 0 Å². The fraction of sp³-hybridized carbons (Fsp3) is 0.833. The molecule has 2 N–H and O–H groups in total. The summed E-state index contributed by atoms with van der Waals surface area (Å²) >= 11 is 0. The summed E-state index contributed by atoms with van der Waals surface area (Å²) < 4.78 is 0. The van der Waals surface area contributed by atoms with Gasteiger partial charge in [-0.05, 0) is 17.8 Å². The van der Waals surface area contributed by atoms with Crippen LogP contribution in [0.25, 0.3) is 0 Å². The predicted octanol–water partition coefficient (Wildman–Crippen LogP) is 1.98. The van der Waals surface area contributed by atoms with E-state index in [-0.39, 0.29) is 69.1 Å². The van der Waals surface area contributed by atoms with Gasteiger partial charge in [-0.25, -0.2) is 0 Å². The number of carboxylic acids is 2. The summed E-state index contributed by atoms with van der Waals surface area (Å²) in [6.07, 6.45) is 2.01. The minimum atomic E-state index is -1.28. The van der Waals surface area contributed by atoms with Crippen molar-refractivity contribution in [3.63, 3.8) is 0 Å². The monoisotopic (exact) mass is 270 g/mol. The molecule has 0 aromatic carbocycles. The zero-order valence-electron chi connectivity index (χ0n) is 10.5. The quantitative estimate of drug-likeness (QED) is 0.571. The maximum absolute atomic E-state index is 10.8. The van der Waals surface area contributed by atoms with E-state index in [0.717, 1.165) is 12.8 Å². The average molecular weight is 270 g/mol. The van der Waals surface area contributed by atoms with Gasteiger partial charge in [0.1, 0.15) is 0 Å². The molecule has 96 valence electrons. The minimum absolute atomic E-state index is 0. The molecule has 0 aliphatic heterocycles. The molecule has 0 aliphatic rings. The zero-order chi connectivity index (χ0) is 12.9. The molecular weight excluding hydrogens is 247 g/mol. The van der Waals surface area contributed by atoms with E-state index in [1.54, 1.807) is 0 Å². The van der Waals surface area contributed by atoms with E-state index in [9.17, 15) is 9.59 Å². The molecule has 17 heavy (non-hydrogen) atoms. The number of hydrogen-bond acceptors (Lipinski definition) is 2. The number of carboxylic acid groups (broad SMARTS) is 2. The number of carbonyl (C=O) groups is 2. The molecule has 1 unspecified atom stereocenters. The third-order valence-corrected chi connectivity index (χ3v) is 2.98. The van der Waals surface area contributed by atoms with Crippen LogP contribution in [0.3, 0.4) is 0 Å². The molecule has 0 fully saturated rings. The SMILES string of the molecule is CCCC(CC(C(=O)O)C(=O)O)C(C)(C)C.[KH]. The molecule has 0 heterocycles. The van der Waals surface area contributed by atoms with E-state index in [4.69, 9.17) is 10.2 Å². The summed E-state index contributed by atoms with van der Waals surface area (Å²) in [4.78, 5) is 21.7. The molecule has 4 nitrogen and oxygen atoms in total. The van der Waals surface area contributed by atoms with E-state index in [1.165, 1.54) is 0 Å². The summed E-state index contributed by atoms with van der Waals surface area (Å²) in [5, 5.41) is 17.7. The maximum atomic E-state index is 10.8. The first kappa shape index (κ1) is 19.9. The molecule has 1 atom stereocenters. The first-order valence-electron chi connectivity index (χ1n) is 5.65. The summed E-state index contributed by atoms with van der Waals surface area (Å²) in [6.45, 7) is 8.09. The van der Waals surface area contributed by atoms with E-state index < -0.39 is 17.9 Å². The summed E-state index contributed by atoms with van der Waals surface area (Å²) in [7, 11) is 0. The molecule has 0 aliphatic carbocycles. The van der Waals surface area contributed by atoms with E-state index in [1.807, 2.05) is 27.7 Å². The van der Waals surface area contributed by atoms with Gasteiger partial charge < -0.3 is 10.2 Å². The molecule has 0 saturated heterocycles. The Labute approximate surface area is 146 Å². The van der Waals surface area contributed by atoms with Gasteiger partial charge in [-0.3, -0.25) is 9.59 Å². The molecule has 0 spiro atoms. The Balaban J connectivity index is 0. The third-order valence-electron chi connectivity index (χ3n) is 2.98. The molecular formula is C12H23KO4. The van der Waals surface area contributed by atoms with Crippen molar-refractivity contribution in [3.05, 3.63) is 0 Å². The third kappa shape index (κ3) is 7.57. The van der Waals surface area contributed by atoms with Crippen molar-refractivity contribution in [2.24, 2.45) is 17.3 Å². The zero-order valence-corrected chi connectivity index (χ0v) is 10.5. The number of aliphatic carboxylic acids is 2. The van der Waals surface area contributed by atoms with Crippen molar-refractivity contribution in [2.45, 2.75) is 47.0 Å². The van der Waals surface area contributed by atoms with Crippen LogP contribution in [0.15, 0.2) is 0 Å². The van der Waals surface area contributed by atoms with Gasteiger partial charge in [-0.1, -0.05) is 40.5 Å². The van der Waals surface area contributed by atoms with Gasteiger partial charge in [0.15, 0.2) is 5.92 Å². The molecule has 0 rings (SSSR count). The van der Waals surface area contributed by atoms with Crippen molar-refractivity contribution >= 4 is 63.3 Å². The van der Waals surface area contributed by atoms with Crippen LogP contribution in [0.2, 0.25) is 0 Å². The van der Waals surface area contributed by atoms with Gasteiger partial charge >= 0.3 is 63.3 Å². The van der Waals surface area contributed by atoms with Gasteiger partial charge in [0.25, 0.3) is 0 Å². The fourth-order valence-electron chi connectivity index (χ4n) is 1.84. The Kier molecular flexibility index (Phi) is 10.1. The first-order valence-corrected chi connectivity index (χ1v) is 5.65. The van der Waals surface area contributed by atoms with Crippen LogP contribution in [-0.4, -0.2) is 73.5 Å². The molecule has 0 aromatic heterocycles. The molecule has 0 amide bonds. The Morgan fingerprint density at radius 2 is 1.53 bits per heavy atom. The van der Waals surface area contributed by atoms with Crippen molar-refractivity contribution in [2.75, 3.05) is 0 Å². The molecule has 0 bridgehead atoms. The second-order valence-corrected chi connectivity index (χ2v) is 5.32. The fourth-order valence-corrected chi connectivity index (χ4v) is 1.84. The topological polar surface area (TPSA) is 74.6 Å². The van der Waals surface area contributed by atoms with Gasteiger partial charge in [0.2, 0.25) is 0 Å². The molecule has 5 heteroatoms. The van der Waals surface area contributed by atoms with Crippen molar-refractivity contribution < 1.29 is 19.8 Å². The van der Waals surface area contributed by atoms with Crippen LogP contribution >= 0.6 is 0 Å². The molecule has 0 radical (unpaired) electrons. The first-order chi connectivity index (χ1) is 7.20. The van der Waals surface area contributed by atoms with Crippen LogP contribution in [-0.2, 0) is 9.59 Å². The number of rotatable bonds is 6. The van der Waals surface area contributed by atoms with E-state index >= 15 is 0 Å². The Morgan fingerprint density at radius 3 is 1.76 bits per heavy atom. The summed E-state index contributed by atoms with van der Waals surface area (Å²) in [5.41, 5.74) is -0.0564. The van der Waals surface area contributed by atoms with E-state index in [0.29, 0.717) is 0 Å². The molecule has 0 saturated carbocycles. The van der Waals surface area contributed by atoms with Crippen LogP contribution in [0, 0.1) is 17.3 Å². The van der Waals surface area contributed by atoms with Crippen LogP contribution in [0.1, 0.15) is 47.0 Å². The Bertz CT molecular complexity index is 244. The van der Waals surface area contributed by atoms with Crippen molar-refractivity contribution in [3.8, 4) is 0 Å². The van der Waals surface area contributed by atoms with E-state index in [2.05, 4.69) is 0 Å². The Morgan fingerprint density at radius 1 is 1.12 bits per heavy atom. The van der Waals surface area contributed by atoms with Gasteiger partial charge in [-0.2, -0.15) is 0 Å². The van der Waals surface area contributed by atoms with Crippen LogP contribution in [0.4, 0.5) is 0 Å². The standard InChI is InChI=1S/C12H22O4.K.H/c1-5-6-8(12(2,3)4)7-9(10(13)14)11(15)16;;/h8-9H,5-7H2,1-4H3,(H,13,14)(H,15,16);;. The van der Waals surface area contributed by atoms with Gasteiger partial charge in [-0.15, -0.1) is 0 Å². The second kappa shape index (κ2) is 8.64. The predicted molar refractivity (Wildman–Crippen MR) is 68.4 cm³/mol. The van der Waals surface area contributed by atoms with Gasteiger partial charge in [0, 0.05) is 0 Å². The van der Waals surface area contributed by atoms with Crippen molar-refractivity contribution in [1.29, 1.82) is 0 Å². The summed E-state index contributed by atoms with van der Waals surface area (Å²) in [6, 6.07) is 0. The number of hydrogen-bond donors (Lipinski definition) is 2. The molecule has 0 aromatic rings. The Hall–Kier alpha value is 0.576. The average Bonchev–Trinajstić information content (AvgIpc) is 2.08. The summed E-state index contributed by atoms with van der Waals surface area (Å²) in [5.74, 6) is -3.64. The second-order valence-electron chi connectivity index (χ2n) is 5.32. The normalized spacial score (nSPS) is 13.0. The van der Waals surface area contributed by atoms with Gasteiger partial charge in [0.05, 0.1) is 0 Å². The van der Waals surface area contributed by atoms with Crippen LogP contribution in [0.5, 0.6) is 0 Å².